The molecule has 0 amide bonds. The van der Waals surface area contributed by atoms with E-state index in [4.69, 9.17) is 26.5 Å². The lowest BCUT2D eigenvalue weighted by atomic mass is 10.2. The van der Waals surface area contributed by atoms with Gasteiger partial charge >= 0.3 is 5.63 Å². The molecule has 0 saturated heterocycles. The van der Waals surface area contributed by atoms with E-state index in [1.165, 1.54) is 6.07 Å². The Labute approximate surface area is 125 Å². The molecule has 0 aliphatic carbocycles. The molecular weight excluding hydrogens is 290 g/mol. The van der Waals surface area contributed by atoms with Gasteiger partial charge in [0.2, 0.25) is 0 Å². The second-order valence-electron chi connectivity index (χ2n) is 4.60. The molecule has 0 atom stereocenters. The third-order valence-electron chi connectivity index (χ3n) is 3.04. The number of fused-ring (bicyclic) bond motifs is 1. The van der Waals surface area contributed by atoms with Crippen molar-refractivity contribution in [3.63, 3.8) is 0 Å². The molecule has 2 aromatic carbocycles. The lowest BCUT2D eigenvalue weighted by Gasteiger charge is -2.08. The van der Waals surface area contributed by atoms with Crippen LogP contribution in [0.2, 0.25) is 5.02 Å². The smallest absolute Gasteiger partial charge is 0.338 e. The molecule has 1 heterocycles. The van der Waals surface area contributed by atoms with E-state index >= 15 is 0 Å². The van der Waals surface area contributed by atoms with Crippen LogP contribution in [0.5, 0.6) is 5.75 Å². The number of halogens is 1. The molecule has 0 spiro atoms. The molecule has 1 aromatic heterocycles. The summed E-state index contributed by atoms with van der Waals surface area (Å²) in [6.45, 7) is 0.374. The lowest BCUT2D eigenvalue weighted by Crippen LogP contribution is -2.01. The van der Waals surface area contributed by atoms with Crippen LogP contribution in [0, 0.1) is 0 Å². The summed E-state index contributed by atoms with van der Waals surface area (Å²) in [5, 5.41) is 1.35. The van der Waals surface area contributed by atoms with Crippen LogP contribution in [0.15, 0.2) is 57.7 Å². The van der Waals surface area contributed by atoms with Gasteiger partial charge in [-0.2, -0.15) is 0 Å². The van der Waals surface area contributed by atoms with Gasteiger partial charge in [-0.3, -0.25) is 0 Å². The van der Waals surface area contributed by atoms with Gasteiger partial charge in [0.1, 0.15) is 17.9 Å². The molecule has 0 fully saturated rings. The first-order chi connectivity index (χ1) is 10.1. The molecule has 0 unspecified atom stereocenters. The number of benzene rings is 2. The van der Waals surface area contributed by atoms with Crippen LogP contribution in [0.4, 0.5) is 5.69 Å². The molecule has 3 rings (SSSR count). The maximum absolute atomic E-state index is 11.3. The Bertz CT molecular complexity index is 858. The van der Waals surface area contributed by atoms with Gasteiger partial charge in [0.25, 0.3) is 0 Å². The average molecular weight is 302 g/mol. The molecular formula is C16H12ClNO3. The molecule has 3 aromatic rings. The molecule has 0 aliphatic rings. The molecule has 2 N–H and O–H groups in total. The summed E-state index contributed by atoms with van der Waals surface area (Å²) in [5.41, 5.74) is 7.05. The van der Waals surface area contributed by atoms with Crippen molar-refractivity contribution in [3.8, 4) is 5.75 Å². The Morgan fingerprint density at radius 3 is 2.81 bits per heavy atom. The summed E-state index contributed by atoms with van der Waals surface area (Å²) >= 11 is 5.92. The van der Waals surface area contributed by atoms with E-state index in [0.29, 0.717) is 34.0 Å². The second kappa shape index (κ2) is 5.50. The van der Waals surface area contributed by atoms with E-state index in [2.05, 4.69) is 0 Å². The fraction of sp³-hybridized carbons (Fsp3) is 0.0625. The fourth-order valence-corrected chi connectivity index (χ4v) is 2.26. The number of nitrogen functional groups attached to an aromatic ring is 1. The van der Waals surface area contributed by atoms with Crippen LogP contribution in [0.3, 0.4) is 0 Å². The Morgan fingerprint density at radius 1 is 1.14 bits per heavy atom. The van der Waals surface area contributed by atoms with Crippen LogP contribution in [-0.4, -0.2) is 0 Å². The summed E-state index contributed by atoms with van der Waals surface area (Å²) in [7, 11) is 0. The molecule has 106 valence electrons. The third kappa shape index (κ3) is 3.01. The van der Waals surface area contributed by atoms with Crippen molar-refractivity contribution in [2.24, 2.45) is 0 Å². The number of ether oxygens (including phenoxy) is 1. The maximum Gasteiger partial charge on any atom is 0.338 e. The van der Waals surface area contributed by atoms with Crippen LogP contribution < -0.4 is 16.1 Å². The maximum atomic E-state index is 11.3. The molecule has 4 nitrogen and oxygen atoms in total. The number of anilines is 1. The first-order valence-corrected chi connectivity index (χ1v) is 6.70. The standard InChI is InChI=1S/C16H12ClNO3/c17-11-3-1-2-10(6-11)9-20-12-4-5-13-14(18)8-16(19)21-15(13)7-12/h1-8H,9,18H2. The first kappa shape index (κ1) is 13.5. The van der Waals surface area contributed by atoms with E-state index in [1.54, 1.807) is 24.3 Å². The van der Waals surface area contributed by atoms with Gasteiger partial charge in [-0.05, 0) is 29.8 Å². The SMILES string of the molecule is Nc1cc(=O)oc2cc(OCc3cccc(Cl)c3)ccc12. The zero-order valence-corrected chi connectivity index (χ0v) is 11.8. The number of hydrogen-bond acceptors (Lipinski definition) is 4. The molecule has 21 heavy (non-hydrogen) atoms. The van der Waals surface area contributed by atoms with Crippen molar-refractivity contribution in [3.05, 3.63) is 69.5 Å². The van der Waals surface area contributed by atoms with Crippen molar-refractivity contribution in [2.75, 3.05) is 5.73 Å². The van der Waals surface area contributed by atoms with Crippen molar-refractivity contribution >= 4 is 28.3 Å². The van der Waals surface area contributed by atoms with Gasteiger partial charge in [0.05, 0.1) is 0 Å². The van der Waals surface area contributed by atoms with Gasteiger partial charge in [-0.25, -0.2) is 4.79 Å². The minimum Gasteiger partial charge on any atom is -0.489 e. The Hall–Kier alpha value is -2.46. The normalized spacial score (nSPS) is 10.7. The topological polar surface area (TPSA) is 65.5 Å². The minimum absolute atomic E-state index is 0.374. The van der Waals surface area contributed by atoms with E-state index < -0.39 is 5.63 Å². The highest BCUT2D eigenvalue weighted by atomic mass is 35.5. The predicted octanol–water partition coefficient (Wildman–Crippen LogP) is 3.61. The van der Waals surface area contributed by atoms with Crippen molar-refractivity contribution in [1.82, 2.24) is 0 Å². The first-order valence-electron chi connectivity index (χ1n) is 6.32. The van der Waals surface area contributed by atoms with Gasteiger partial charge in [0.15, 0.2) is 0 Å². The molecule has 0 radical (unpaired) electrons. The molecule has 5 heteroatoms. The van der Waals surface area contributed by atoms with Gasteiger partial charge in [-0.1, -0.05) is 23.7 Å². The zero-order chi connectivity index (χ0) is 14.8. The van der Waals surface area contributed by atoms with Gasteiger partial charge in [0, 0.05) is 28.2 Å². The summed E-state index contributed by atoms with van der Waals surface area (Å²) in [4.78, 5) is 11.3. The Kier molecular flexibility index (Phi) is 3.54. The molecule has 0 bridgehead atoms. The van der Waals surface area contributed by atoms with Crippen molar-refractivity contribution in [2.45, 2.75) is 6.61 Å². The van der Waals surface area contributed by atoms with Gasteiger partial charge in [-0.15, -0.1) is 0 Å². The van der Waals surface area contributed by atoms with E-state index in [0.717, 1.165) is 5.56 Å². The highest BCUT2D eigenvalue weighted by molar-refractivity contribution is 6.30. The van der Waals surface area contributed by atoms with Crippen LogP contribution in [-0.2, 0) is 6.61 Å². The van der Waals surface area contributed by atoms with Crippen LogP contribution >= 0.6 is 11.6 Å². The summed E-state index contributed by atoms with van der Waals surface area (Å²) in [5.74, 6) is 0.594. The number of nitrogens with two attached hydrogens (primary N) is 1. The predicted molar refractivity (Wildman–Crippen MR) is 82.7 cm³/mol. The molecule has 0 aliphatic heterocycles. The number of hydrogen-bond donors (Lipinski definition) is 1. The largest absolute Gasteiger partial charge is 0.489 e. The highest BCUT2D eigenvalue weighted by Gasteiger charge is 2.05. The average Bonchev–Trinajstić information content (AvgIpc) is 2.44. The zero-order valence-electron chi connectivity index (χ0n) is 11.0. The van der Waals surface area contributed by atoms with Crippen molar-refractivity contribution in [1.29, 1.82) is 0 Å². The van der Waals surface area contributed by atoms with Crippen LogP contribution in [0.1, 0.15) is 5.56 Å². The summed E-state index contributed by atoms with van der Waals surface area (Å²) in [6.07, 6.45) is 0. The third-order valence-corrected chi connectivity index (χ3v) is 3.28. The Morgan fingerprint density at radius 2 is 2.00 bits per heavy atom. The van der Waals surface area contributed by atoms with E-state index in [-0.39, 0.29) is 0 Å². The Balaban J connectivity index is 1.86. The number of rotatable bonds is 3. The quantitative estimate of drug-likeness (QED) is 0.751. The minimum atomic E-state index is -0.480. The summed E-state index contributed by atoms with van der Waals surface area (Å²) in [6, 6.07) is 13.9. The van der Waals surface area contributed by atoms with Crippen molar-refractivity contribution < 1.29 is 9.15 Å². The van der Waals surface area contributed by atoms with Gasteiger partial charge < -0.3 is 14.9 Å². The fourth-order valence-electron chi connectivity index (χ4n) is 2.05. The lowest BCUT2D eigenvalue weighted by molar-refractivity contribution is 0.306. The van der Waals surface area contributed by atoms with Crippen LogP contribution in [0.25, 0.3) is 11.0 Å². The molecule has 0 saturated carbocycles. The summed E-state index contributed by atoms with van der Waals surface area (Å²) < 4.78 is 10.8. The second-order valence-corrected chi connectivity index (χ2v) is 5.03. The highest BCUT2D eigenvalue weighted by Crippen LogP contribution is 2.24. The monoisotopic (exact) mass is 301 g/mol. The van der Waals surface area contributed by atoms with E-state index in [1.807, 2.05) is 18.2 Å². The van der Waals surface area contributed by atoms with E-state index in [9.17, 15) is 4.79 Å².